The average Bonchev–Trinajstić information content (AvgIpc) is 2.71. The lowest BCUT2D eigenvalue weighted by Gasteiger charge is -2.16. The van der Waals surface area contributed by atoms with E-state index in [1.54, 1.807) is 30.3 Å². The van der Waals surface area contributed by atoms with Gasteiger partial charge in [-0.05, 0) is 5.56 Å². The van der Waals surface area contributed by atoms with E-state index in [4.69, 9.17) is 14.2 Å². The van der Waals surface area contributed by atoms with Gasteiger partial charge in [-0.25, -0.2) is 4.79 Å². The normalized spacial score (nSPS) is 11.2. The first kappa shape index (κ1) is 20.8. The maximum atomic E-state index is 12.5. The van der Waals surface area contributed by atoms with E-state index in [1.807, 2.05) is 0 Å². The van der Waals surface area contributed by atoms with Crippen molar-refractivity contribution in [3.63, 3.8) is 0 Å². The molecule has 0 aromatic heterocycles. The van der Waals surface area contributed by atoms with Crippen LogP contribution >= 0.6 is 0 Å². The molecule has 0 unspecified atom stereocenters. The largest absolute Gasteiger partial charge is 0.493 e. The van der Waals surface area contributed by atoms with Gasteiger partial charge in [0.1, 0.15) is 0 Å². The summed E-state index contributed by atoms with van der Waals surface area (Å²) in [5, 5.41) is 12.1. The Morgan fingerprint density at radius 2 is 1.61 bits per heavy atom. The lowest BCUT2D eigenvalue weighted by atomic mass is 9.95. The van der Waals surface area contributed by atoms with Crippen LogP contribution < -0.4 is 14.8 Å². The first-order valence-corrected chi connectivity index (χ1v) is 8.33. The number of carbonyl (C=O) groups is 3. The van der Waals surface area contributed by atoms with Crippen molar-refractivity contribution >= 4 is 23.5 Å². The molecule has 0 aliphatic rings. The van der Waals surface area contributed by atoms with Gasteiger partial charge in [0, 0.05) is 18.6 Å². The third kappa shape index (κ3) is 4.79. The van der Waals surface area contributed by atoms with Crippen molar-refractivity contribution in [1.82, 2.24) is 0 Å². The topological polar surface area (TPSA) is 111 Å². The zero-order chi connectivity index (χ0) is 20.7. The highest BCUT2D eigenvalue weighted by Gasteiger charge is 2.25. The minimum absolute atomic E-state index is 0.0556. The fraction of sp³-hybridized carbons (Fsp3) is 0.250. The van der Waals surface area contributed by atoms with E-state index in [1.165, 1.54) is 33.5 Å². The molecule has 0 aliphatic carbocycles. The molecule has 1 atom stereocenters. The first-order valence-electron chi connectivity index (χ1n) is 8.33. The van der Waals surface area contributed by atoms with E-state index >= 15 is 0 Å². The Morgan fingerprint density at radius 3 is 2.14 bits per heavy atom. The lowest BCUT2D eigenvalue weighted by Crippen LogP contribution is -2.22. The summed E-state index contributed by atoms with van der Waals surface area (Å²) in [5.74, 6) is -2.83. The number of rotatable bonds is 8. The number of hydrogen-bond donors (Lipinski definition) is 2. The van der Waals surface area contributed by atoms with Crippen LogP contribution in [0.1, 0.15) is 28.3 Å². The Balaban J connectivity index is 2.31. The highest BCUT2D eigenvalue weighted by Crippen LogP contribution is 2.34. The van der Waals surface area contributed by atoms with Crippen LogP contribution in [0.15, 0.2) is 42.5 Å². The maximum Gasteiger partial charge on any atom is 0.340 e. The SMILES string of the molecule is COC(=O)c1cc(OC)c(OC)cc1NC(=O)C[C@H](C(=O)O)c1ccccc1. The average molecular weight is 387 g/mol. The Kier molecular flexibility index (Phi) is 6.97. The summed E-state index contributed by atoms with van der Waals surface area (Å²) in [6.07, 6.45) is -0.311. The molecule has 1 amide bonds. The van der Waals surface area contributed by atoms with Crippen LogP contribution in [0, 0.1) is 0 Å². The minimum atomic E-state index is -1.12. The number of anilines is 1. The third-order valence-electron chi connectivity index (χ3n) is 4.09. The van der Waals surface area contributed by atoms with Gasteiger partial charge in [-0.2, -0.15) is 0 Å². The number of aliphatic carboxylic acids is 1. The van der Waals surface area contributed by atoms with Crippen LogP contribution in [0.25, 0.3) is 0 Å². The molecule has 2 rings (SSSR count). The molecule has 0 radical (unpaired) electrons. The molecule has 148 valence electrons. The third-order valence-corrected chi connectivity index (χ3v) is 4.09. The molecule has 0 fully saturated rings. The highest BCUT2D eigenvalue weighted by molar-refractivity contribution is 6.03. The first-order chi connectivity index (χ1) is 13.4. The van der Waals surface area contributed by atoms with Crippen LogP contribution in [0.5, 0.6) is 11.5 Å². The van der Waals surface area contributed by atoms with Gasteiger partial charge in [-0.3, -0.25) is 9.59 Å². The van der Waals surface area contributed by atoms with Crippen molar-refractivity contribution in [3.8, 4) is 11.5 Å². The van der Waals surface area contributed by atoms with Gasteiger partial charge in [-0.15, -0.1) is 0 Å². The molecule has 0 bridgehead atoms. The van der Waals surface area contributed by atoms with E-state index in [0.717, 1.165) is 0 Å². The molecule has 2 N–H and O–H groups in total. The summed E-state index contributed by atoms with van der Waals surface area (Å²) in [6.45, 7) is 0. The number of amides is 1. The molecular formula is C20H21NO7. The predicted molar refractivity (Wildman–Crippen MR) is 101 cm³/mol. The number of hydrogen-bond acceptors (Lipinski definition) is 6. The molecule has 0 saturated heterocycles. The second-order valence-electron chi connectivity index (χ2n) is 5.80. The second-order valence-corrected chi connectivity index (χ2v) is 5.80. The number of carboxylic acids is 1. The van der Waals surface area contributed by atoms with Crippen molar-refractivity contribution in [2.75, 3.05) is 26.6 Å². The van der Waals surface area contributed by atoms with Crippen molar-refractivity contribution in [2.45, 2.75) is 12.3 Å². The molecule has 8 heteroatoms. The molecule has 28 heavy (non-hydrogen) atoms. The van der Waals surface area contributed by atoms with E-state index < -0.39 is 23.8 Å². The van der Waals surface area contributed by atoms with Gasteiger partial charge < -0.3 is 24.6 Å². The Bertz CT molecular complexity index is 864. The standard InChI is InChI=1S/C20H21NO7/c1-26-16-9-14(20(25)28-3)15(11-17(16)27-2)21-18(22)10-13(19(23)24)12-7-5-4-6-8-12/h4-9,11,13H,10H2,1-3H3,(H,21,22)(H,23,24)/t13-/m0/s1. The second kappa shape index (κ2) is 9.40. The molecule has 2 aromatic carbocycles. The number of ether oxygens (including phenoxy) is 3. The Hall–Kier alpha value is -3.55. The molecule has 8 nitrogen and oxygen atoms in total. The van der Waals surface area contributed by atoms with Gasteiger partial charge in [-0.1, -0.05) is 30.3 Å². The van der Waals surface area contributed by atoms with Crippen molar-refractivity contribution in [2.24, 2.45) is 0 Å². The quantitative estimate of drug-likeness (QED) is 0.670. The van der Waals surface area contributed by atoms with Crippen LogP contribution in [-0.2, 0) is 14.3 Å². The summed E-state index contributed by atoms with van der Waals surface area (Å²) >= 11 is 0. The van der Waals surface area contributed by atoms with Gasteiger partial charge in [0.05, 0.1) is 38.5 Å². The number of nitrogens with one attached hydrogen (secondary N) is 1. The molecule has 0 aliphatic heterocycles. The zero-order valence-corrected chi connectivity index (χ0v) is 15.7. The fourth-order valence-electron chi connectivity index (χ4n) is 2.68. The highest BCUT2D eigenvalue weighted by atomic mass is 16.5. The van der Waals surface area contributed by atoms with Gasteiger partial charge in [0.2, 0.25) is 5.91 Å². The van der Waals surface area contributed by atoms with E-state index in [2.05, 4.69) is 5.32 Å². The molecule has 2 aromatic rings. The molecular weight excluding hydrogens is 366 g/mol. The number of esters is 1. The van der Waals surface area contributed by atoms with Crippen LogP contribution in [0.3, 0.4) is 0 Å². The van der Waals surface area contributed by atoms with E-state index in [-0.39, 0.29) is 23.4 Å². The van der Waals surface area contributed by atoms with Crippen molar-refractivity contribution < 1.29 is 33.7 Å². The van der Waals surface area contributed by atoms with Crippen LogP contribution in [0.4, 0.5) is 5.69 Å². The number of carboxylic acid groups (broad SMARTS) is 1. The van der Waals surface area contributed by atoms with Gasteiger partial charge >= 0.3 is 11.9 Å². The van der Waals surface area contributed by atoms with E-state index in [0.29, 0.717) is 11.3 Å². The van der Waals surface area contributed by atoms with Gasteiger partial charge in [0.25, 0.3) is 0 Å². The summed E-state index contributed by atoms with van der Waals surface area (Å²) in [5.41, 5.74) is 0.692. The number of methoxy groups -OCH3 is 3. The summed E-state index contributed by atoms with van der Waals surface area (Å²) in [7, 11) is 4.03. The monoisotopic (exact) mass is 387 g/mol. The van der Waals surface area contributed by atoms with Gasteiger partial charge in [0.15, 0.2) is 11.5 Å². The smallest absolute Gasteiger partial charge is 0.340 e. The molecule has 0 heterocycles. The Morgan fingerprint density at radius 1 is 1.00 bits per heavy atom. The van der Waals surface area contributed by atoms with E-state index in [9.17, 15) is 19.5 Å². The van der Waals surface area contributed by atoms with Crippen molar-refractivity contribution in [1.29, 1.82) is 0 Å². The van der Waals surface area contributed by atoms with Crippen molar-refractivity contribution in [3.05, 3.63) is 53.6 Å². The summed E-state index contributed by atoms with van der Waals surface area (Å²) in [4.78, 5) is 36.2. The van der Waals surface area contributed by atoms with Crippen LogP contribution in [-0.4, -0.2) is 44.3 Å². The summed E-state index contributed by atoms with van der Waals surface area (Å²) in [6, 6.07) is 11.2. The predicted octanol–water partition coefficient (Wildman–Crippen LogP) is 2.69. The maximum absolute atomic E-state index is 12.5. The molecule has 0 spiro atoms. The Labute approximate surface area is 162 Å². The molecule has 0 saturated carbocycles. The number of benzene rings is 2. The fourth-order valence-corrected chi connectivity index (χ4v) is 2.68. The lowest BCUT2D eigenvalue weighted by molar-refractivity contribution is -0.140. The van der Waals surface area contributed by atoms with Crippen LogP contribution in [0.2, 0.25) is 0 Å². The zero-order valence-electron chi connectivity index (χ0n) is 15.7. The summed E-state index contributed by atoms with van der Waals surface area (Å²) < 4.78 is 15.1. The minimum Gasteiger partial charge on any atom is -0.493 e. The number of carbonyl (C=O) groups excluding carboxylic acids is 2.